The van der Waals surface area contributed by atoms with Crippen LogP contribution in [0.15, 0.2) is 42.5 Å². The minimum atomic E-state index is -2.91. The van der Waals surface area contributed by atoms with Crippen LogP contribution in [0.4, 0.5) is 13.2 Å². The minimum absolute atomic E-state index is 0.0490. The molecule has 0 saturated heterocycles. The van der Waals surface area contributed by atoms with Gasteiger partial charge in [-0.15, -0.1) is 0 Å². The average molecular weight is 318 g/mol. The van der Waals surface area contributed by atoms with Crippen molar-refractivity contribution in [1.82, 2.24) is 0 Å². The zero-order valence-electron chi connectivity index (χ0n) is 12.5. The second-order valence-electron chi connectivity index (χ2n) is 5.42. The molecule has 0 aliphatic rings. The van der Waals surface area contributed by atoms with Crippen molar-refractivity contribution in [3.63, 3.8) is 0 Å². The number of halogens is 3. The molecule has 5 heteroatoms. The van der Waals surface area contributed by atoms with E-state index < -0.39 is 28.8 Å². The summed E-state index contributed by atoms with van der Waals surface area (Å²) in [5.41, 5.74) is -3.85. The maximum absolute atomic E-state index is 14.8. The third-order valence-electron chi connectivity index (χ3n) is 3.97. The van der Waals surface area contributed by atoms with Gasteiger partial charge in [0.2, 0.25) is 5.67 Å². The molecule has 3 rings (SSSR count). The molecule has 3 aromatic rings. The van der Waals surface area contributed by atoms with Crippen molar-refractivity contribution in [3.05, 3.63) is 59.7 Å². The molecule has 0 fully saturated rings. The smallest absolute Gasteiger partial charge is 0.348 e. The van der Waals surface area contributed by atoms with Crippen molar-refractivity contribution < 1.29 is 22.7 Å². The summed E-state index contributed by atoms with van der Waals surface area (Å²) in [6, 6.07) is 11.3. The molecule has 0 aliphatic carbocycles. The Balaban J connectivity index is 2.39. The van der Waals surface area contributed by atoms with Crippen LogP contribution in [-0.4, -0.2) is 13.1 Å². The van der Waals surface area contributed by atoms with Gasteiger partial charge in [0.05, 0.1) is 12.7 Å². The standard InChI is InChI=1S/C18H13F3O2/c1-18(21,17(22)23-2)15-14(19)9-13-11-6-4-3-5-10(11)7-8-12(13)16(15)20/h3-9H,1-2H3/t18-/m0/s1. The van der Waals surface area contributed by atoms with Gasteiger partial charge in [0.1, 0.15) is 11.6 Å². The van der Waals surface area contributed by atoms with E-state index in [9.17, 15) is 18.0 Å². The molecule has 1 atom stereocenters. The first-order chi connectivity index (χ1) is 10.9. The van der Waals surface area contributed by atoms with E-state index in [-0.39, 0.29) is 5.39 Å². The number of rotatable bonds is 2. The highest BCUT2D eigenvalue weighted by Gasteiger charge is 2.42. The number of alkyl halides is 1. The van der Waals surface area contributed by atoms with E-state index in [1.165, 1.54) is 6.07 Å². The van der Waals surface area contributed by atoms with Crippen molar-refractivity contribution in [1.29, 1.82) is 0 Å². The highest BCUT2D eigenvalue weighted by molar-refractivity contribution is 6.08. The highest BCUT2D eigenvalue weighted by Crippen LogP contribution is 2.37. The molecule has 0 spiro atoms. The summed E-state index contributed by atoms with van der Waals surface area (Å²) >= 11 is 0. The molecule has 0 N–H and O–H groups in total. The summed E-state index contributed by atoms with van der Waals surface area (Å²) in [4.78, 5) is 11.6. The summed E-state index contributed by atoms with van der Waals surface area (Å²) < 4.78 is 48.1. The van der Waals surface area contributed by atoms with Gasteiger partial charge in [0, 0.05) is 5.39 Å². The van der Waals surface area contributed by atoms with Crippen LogP contribution in [0.1, 0.15) is 12.5 Å². The molecule has 0 radical (unpaired) electrons. The van der Waals surface area contributed by atoms with E-state index in [2.05, 4.69) is 4.74 Å². The largest absolute Gasteiger partial charge is 0.466 e. The van der Waals surface area contributed by atoms with Crippen LogP contribution in [0.5, 0.6) is 0 Å². The highest BCUT2D eigenvalue weighted by atomic mass is 19.2. The number of benzene rings is 3. The van der Waals surface area contributed by atoms with Crippen LogP contribution in [0.2, 0.25) is 0 Å². The summed E-state index contributed by atoms with van der Waals surface area (Å²) in [5.74, 6) is -3.57. The zero-order valence-corrected chi connectivity index (χ0v) is 12.5. The topological polar surface area (TPSA) is 26.3 Å². The van der Waals surface area contributed by atoms with Gasteiger partial charge in [0.25, 0.3) is 0 Å². The molecule has 2 nitrogen and oxygen atoms in total. The number of methoxy groups -OCH3 is 1. The number of hydrogen-bond donors (Lipinski definition) is 0. The maximum atomic E-state index is 14.8. The Bertz CT molecular complexity index is 932. The lowest BCUT2D eigenvalue weighted by Gasteiger charge is -2.20. The van der Waals surface area contributed by atoms with Crippen LogP contribution >= 0.6 is 0 Å². The Labute approximate surface area is 130 Å². The van der Waals surface area contributed by atoms with Crippen LogP contribution in [0.25, 0.3) is 21.5 Å². The molecule has 0 unspecified atom stereocenters. The maximum Gasteiger partial charge on any atom is 0.348 e. The van der Waals surface area contributed by atoms with Gasteiger partial charge in [-0.25, -0.2) is 18.0 Å². The predicted molar refractivity (Wildman–Crippen MR) is 81.8 cm³/mol. The van der Waals surface area contributed by atoms with Crippen molar-refractivity contribution in [2.24, 2.45) is 0 Å². The third kappa shape index (κ3) is 2.23. The Kier molecular flexibility index (Phi) is 3.51. The third-order valence-corrected chi connectivity index (χ3v) is 3.97. The molecule has 0 heterocycles. The van der Waals surface area contributed by atoms with Gasteiger partial charge in [0.15, 0.2) is 0 Å². The van der Waals surface area contributed by atoms with E-state index in [0.29, 0.717) is 10.8 Å². The lowest BCUT2D eigenvalue weighted by atomic mass is 9.92. The van der Waals surface area contributed by atoms with Crippen LogP contribution < -0.4 is 0 Å². The molecule has 0 aliphatic heterocycles. The SMILES string of the molecule is COC(=O)[C@@](C)(F)c1c(F)cc2c(ccc3ccccc32)c1F. The number of carbonyl (C=O) groups is 1. The molecular formula is C18H13F3O2. The zero-order chi connectivity index (χ0) is 16.8. The summed E-state index contributed by atoms with van der Waals surface area (Å²) in [6.45, 7) is 0.785. The van der Waals surface area contributed by atoms with Crippen LogP contribution in [0, 0.1) is 11.6 Å². The van der Waals surface area contributed by atoms with Crippen molar-refractivity contribution in [2.75, 3.05) is 7.11 Å². The quantitative estimate of drug-likeness (QED) is 0.509. The van der Waals surface area contributed by atoms with Crippen LogP contribution in [-0.2, 0) is 15.2 Å². The lowest BCUT2D eigenvalue weighted by molar-refractivity contribution is -0.154. The molecule has 0 aromatic heterocycles. The van der Waals surface area contributed by atoms with Crippen molar-refractivity contribution in [3.8, 4) is 0 Å². The van der Waals surface area contributed by atoms with Gasteiger partial charge in [-0.2, -0.15) is 0 Å². The van der Waals surface area contributed by atoms with E-state index in [0.717, 1.165) is 25.5 Å². The first-order valence-corrected chi connectivity index (χ1v) is 6.95. The minimum Gasteiger partial charge on any atom is -0.466 e. The van der Waals surface area contributed by atoms with Gasteiger partial charge in [-0.1, -0.05) is 36.4 Å². The van der Waals surface area contributed by atoms with Gasteiger partial charge in [-0.05, 0) is 29.1 Å². The summed E-state index contributed by atoms with van der Waals surface area (Å²) in [5, 5.41) is 1.82. The number of esters is 1. The fourth-order valence-corrected chi connectivity index (χ4v) is 2.80. The van der Waals surface area contributed by atoms with E-state index in [1.54, 1.807) is 18.2 Å². The second kappa shape index (κ2) is 5.26. The molecule has 23 heavy (non-hydrogen) atoms. The summed E-state index contributed by atoms with van der Waals surface area (Å²) in [7, 11) is 0.963. The van der Waals surface area contributed by atoms with Crippen molar-refractivity contribution in [2.45, 2.75) is 12.6 Å². The number of hydrogen-bond acceptors (Lipinski definition) is 2. The Morgan fingerprint density at radius 3 is 2.43 bits per heavy atom. The molecule has 0 saturated carbocycles. The Morgan fingerprint density at radius 1 is 1.04 bits per heavy atom. The monoisotopic (exact) mass is 318 g/mol. The van der Waals surface area contributed by atoms with E-state index in [1.807, 2.05) is 12.1 Å². The fourth-order valence-electron chi connectivity index (χ4n) is 2.80. The lowest BCUT2D eigenvalue weighted by Crippen LogP contribution is -2.31. The Hall–Kier alpha value is -2.56. The molecule has 3 aromatic carbocycles. The Morgan fingerprint density at radius 2 is 1.74 bits per heavy atom. The number of ether oxygens (including phenoxy) is 1. The number of carbonyl (C=O) groups excluding carboxylic acids is 1. The molecule has 118 valence electrons. The van der Waals surface area contributed by atoms with Crippen LogP contribution in [0.3, 0.4) is 0 Å². The first kappa shape index (κ1) is 15.3. The van der Waals surface area contributed by atoms with Gasteiger partial charge < -0.3 is 4.74 Å². The fraction of sp³-hybridized carbons (Fsp3) is 0.167. The predicted octanol–water partition coefficient (Wildman–Crippen LogP) is 4.63. The molecule has 0 bridgehead atoms. The first-order valence-electron chi connectivity index (χ1n) is 6.95. The average Bonchev–Trinajstić information content (AvgIpc) is 2.53. The summed E-state index contributed by atoms with van der Waals surface area (Å²) in [6.07, 6.45) is 0. The van der Waals surface area contributed by atoms with Gasteiger partial charge >= 0.3 is 5.97 Å². The van der Waals surface area contributed by atoms with E-state index in [4.69, 9.17) is 0 Å². The number of fused-ring (bicyclic) bond motifs is 3. The second-order valence-corrected chi connectivity index (χ2v) is 5.42. The molecule has 0 amide bonds. The van der Waals surface area contributed by atoms with Gasteiger partial charge in [-0.3, -0.25) is 0 Å². The van der Waals surface area contributed by atoms with Crippen molar-refractivity contribution >= 4 is 27.5 Å². The normalized spacial score (nSPS) is 14.0. The van der Waals surface area contributed by atoms with E-state index >= 15 is 0 Å². The molecular weight excluding hydrogens is 305 g/mol.